The van der Waals surface area contributed by atoms with E-state index in [9.17, 15) is 0 Å². The molecule has 0 bridgehead atoms. The Bertz CT molecular complexity index is 388. The van der Waals surface area contributed by atoms with Crippen LogP contribution in [0.1, 0.15) is 12.0 Å². The maximum absolute atomic E-state index is 9.01. The summed E-state index contributed by atoms with van der Waals surface area (Å²) in [6.45, 7) is 2.86. The van der Waals surface area contributed by atoms with E-state index in [0.717, 1.165) is 25.3 Å². The molecule has 0 unspecified atom stereocenters. The highest BCUT2D eigenvalue weighted by molar-refractivity contribution is 5.58. The number of hydrogen-bond donors (Lipinski definition) is 0. The van der Waals surface area contributed by atoms with Crippen LogP contribution in [-0.2, 0) is 9.47 Å². The lowest BCUT2D eigenvalue weighted by Crippen LogP contribution is -2.23. The Balaban J connectivity index is 2.32. The minimum atomic E-state index is 0.653. The van der Waals surface area contributed by atoms with Crippen LogP contribution in [0.15, 0.2) is 24.3 Å². The second-order valence-corrected chi connectivity index (χ2v) is 4.01. The first-order valence-electron chi connectivity index (χ1n) is 6.06. The second kappa shape index (κ2) is 8.51. The first kappa shape index (κ1) is 14.5. The van der Waals surface area contributed by atoms with Gasteiger partial charge in [0, 0.05) is 33.9 Å². The first-order chi connectivity index (χ1) is 8.79. The normalized spacial score (nSPS) is 10.1. The molecule has 0 aromatic heterocycles. The number of rotatable bonds is 8. The quantitative estimate of drug-likeness (QED) is 0.660. The highest BCUT2D eigenvalue weighted by atomic mass is 16.5. The van der Waals surface area contributed by atoms with Crippen molar-refractivity contribution >= 4 is 5.69 Å². The standard InChI is InChI=1S/C14H20N2O2/c1-16(8-11-18-10-5-9-17-2)14-7-4-3-6-13(14)12-15/h3-4,6-7H,5,8-11H2,1-2H3. The number of ether oxygens (including phenoxy) is 2. The summed E-state index contributed by atoms with van der Waals surface area (Å²) in [7, 11) is 3.65. The van der Waals surface area contributed by atoms with Gasteiger partial charge in [0.2, 0.25) is 0 Å². The van der Waals surface area contributed by atoms with Crippen molar-refractivity contribution in [2.24, 2.45) is 0 Å². The third-order valence-corrected chi connectivity index (χ3v) is 2.64. The lowest BCUT2D eigenvalue weighted by atomic mass is 10.2. The summed E-state index contributed by atoms with van der Waals surface area (Å²) in [5, 5.41) is 9.01. The minimum absolute atomic E-state index is 0.653. The van der Waals surface area contributed by atoms with Crippen LogP contribution in [0.2, 0.25) is 0 Å². The zero-order valence-corrected chi connectivity index (χ0v) is 11.1. The summed E-state index contributed by atoms with van der Waals surface area (Å²) >= 11 is 0. The number of methoxy groups -OCH3 is 1. The third-order valence-electron chi connectivity index (χ3n) is 2.64. The van der Waals surface area contributed by atoms with Crippen molar-refractivity contribution in [1.82, 2.24) is 0 Å². The second-order valence-electron chi connectivity index (χ2n) is 4.01. The van der Waals surface area contributed by atoms with Crippen molar-refractivity contribution in [3.8, 4) is 6.07 Å². The summed E-state index contributed by atoms with van der Waals surface area (Å²) in [5.74, 6) is 0. The van der Waals surface area contributed by atoms with Crippen LogP contribution in [0, 0.1) is 11.3 Å². The van der Waals surface area contributed by atoms with Crippen molar-refractivity contribution in [2.75, 3.05) is 45.4 Å². The van der Waals surface area contributed by atoms with Crippen molar-refractivity contribution < 1.29 is 9.47 Å². The molecule has 98 valence electrons. The average Bonchev–Trinajstić information content (AvgIpc) is 2.42. The van der Waals surface area contributed by atoms with Crippen molar-refractivity contribution in [2.45, 2.75) is 6.42 Å². The lowest BCUT2D eigenvalue weighted by Gasteiger charge is -2.20. The van der Waals surface area contributed by atoms with Gasteiger partial charge >= 0.3 is 0 Å². The molecule has 0 saturated carbocycles. The fourth-order valence-electron chi connectivity index (χ4n) is 1.63. The van der Waals surface area contributed by atoms with Gasteiger partial charge in [0.25, 0.3) is 0 Å². The molecule has 18 heavy (non-hydrogen) atoms. The van der Waals surface area contributed by atoms with Gasteiger partial charge in [-0.25, -0.2) is 0 Å². The fourth-order valence-corrected chi connectivity index (χ4v) is 1.63. The van der Waals surface area contributed by atoms with Crippen LogP contribution in [0.3, 0.4) is 0 Å². The number of para-hydroxylation sites is 1. The Morgan fingerprint density at radius 1 is 1.22 bits per heavy atom. The Labute approximate surface area is 109 Å². The van der Waals surface area contributed by atoms with Gasteiger partial charge in [-0.3, -0.25) is 0 Å². The number of hydrogen-bond acceptors (Lipinski definition) is 4. The predicted octanol–water partition coefficient (Wildman–Crippen LogP) is 2.05. The third kappa shape index (κ3) is 4.74. The maximum Gasteiger partial charge on any atom is 0.101 e. The molecule has 0 spiro atoms. The topological polar surface area (TPSA) is 45.5 Å². The molecule has 1 rings (SSSR count). The number of likely N-dealkylation sites (N-methyl/N-ethyl adjacent to an activating group) is 1. The molecule has 0 amide bonds. The molecule has 0 fully saturated rings. The van der Waals surface area contributed by atoms with Gasteiger partial charge in [-0.2, -0.15) is 5.26 Å². The SMILES string of the molecule is COCCCOCCN(C)c1ccccc1C#N. The van der Waals surface area contributed by atoms with E-state index in [2.05, 4.69) is 6.07 Å². The van der Waals surface area contributed by atoms with E-state index in [4.69, 9.17) is 14.7 Å². The molecule has 0 heterocycles. The van der Waals surface area contributed by atoms with E-state index < -0.39 is 0 Å². The van der Waals surface area contributed by atoms with Gasteiger partial charge in [-0.15, -0.1) is 0 Å². The van der Waals surface area contributed by atoms with Gasteiger partial charge in [0.05, 0.1) is 17.9 Å². The van der Waals surface area contributed by atoms with Gasteiger partial charge in [-0.1, -0.05) is 12.1 Å². The Kier molecular flexibility index (Phi) is 6.85. The molecule has 4 heteroatoms. The maximum atomic E-state index is 9.01. The zero-order chi connectivity index (χ0) is 13.2. The van der Waals surface area contributed by atoms with Gasteiger partial charge in [0.15, 0.2) is 0 Å². The molecular weight excluding hydrogens is 228 g/mol. The average molecular weight is 248 g/mol. The van der Waals surface area contributed by atoms with Gasteiger partial charge < -0.3 is 14.4 Å². The zero-order valence-electron chi connectivity index (χ0n) is 11.1. The van der Waals surface area contributed by atoms with Crippen LogP contribution < -0.4 is 4.90 Å². The minimum Gasteiger partial charge on any atom is -0.385 e. The molecule has 0 atom stereocenters. The van der Waals surface area contributed by atoms with Crippen LogP contribution in [0.4, 0.5) is 5.69 Å². The molecule has 1 aromatic rings. The number of nitrogens with zero attached hydrogens (tertiary/aromatic N) is 2. The summed E-state index contributed by atoms with van der Waals surface area (Å²) in [5.41, 5.74) is 1.64. The number of anilines is 1. The molecule has 0 radical (unpaired) electrons. The van der Waals surface area contributed by atoms with E-state index in [1.807, 2.05) is 36.2 Å². The van der Waals surface area contributed by atoms with Crippen molar-refractivity contribution in [3.05, 3.63) is 29.8 Å². The molecular formula is C14H20N2O2. The van der Waals surface area contributed by atoms with E-state index in [1.165, 1.54) is 0 Å². The van der Waals surface area contributed by atoms with Crippen LogP contribution in [0.5, 0.6) is 0 Å². The van der Waals surface area contributed by atoms with E-state index in [1.54, 1.807) is 7.11 Å². The molecule has 0 aliphatic rings. The lowest BCUT2D eigenvalue weighted by molar-refractivity contribution is 0.107. The summed E-state index contributed by atoms with van der Waals surface area (Å²) in [6, 6.07) is 9.78. The molecule has 1 aromatic carbocycles. The highest BCUT2D eigenvalue weighted by Crippen LogP contribution is 2.17. The molecule has 4 nitrogen and oxygen atoms in total. The molecule has 0 N–H and O–H groups in total. The van der Waals surface area contributed by atoms with Crippen LogP contribution in [-0.4, -0.2) is 40.5 Å². The van der Waals surface area contributed by atoms with Crippen molar-refractivity contribution in [1.29, 1.82) is 5.26 Å². The smallest absolute Gasteiger partial charge is 0.101 e. The summed E-state index contributed by atoms with van der Waals surface area (Å²) in [4.78, 5) is 2.04. The predicted molar refractivity (Wildman–Crippen MR) is 71.7 cm³/mol. The summed E-state index contributed by atoms with van der Waals surface area (Å²) < 4.78 is 10.4. The number of benzene rings is 1. The van der Waals surface area contributed by atoms with Gasteiger partial charge in [-0.05, 0) is 18.6 Å². The largest absolute Gasteiger partial charge is 0.385 e. The molecule has 0 aliphatic carbocycles. The molecule has 0 saturated heterocycles. The van der Waals surface area contributed by atoms with E-state index in [0.29, 0.717) is 18.8 Å². The number of nitriles is 1. The van der Waals surface area contributed by atoms with E-state index >= 15 is 0 Å². The van der Waals surface area contributed by atoms with Gasteiger partial charge in [0.1, 0.15) is 6.07 Å². The Morgan fingerprint density at radius 2 is 2.00 bits per heavy atom. The van der Waals surface area contributed by atoms with Crippen molar-refractivity contribution in [3.63, 3.8) is 0 Å². The Hall–Kier alpha value is -1.57. The van der Waals surface area contributed by atoms with E-state index in [-0.39, 0.29) is 0 Å². The summed E-state index contributed by atoms with van der Waals surface area (Å²) in [6.07, 6.45) is 0.912. The first-order valence-corrected chi connectivity index (χ1v) is 6.06. The van der Waals surface area contributed by atoms with Crippen LogP contribution in [0.25, 0.3) is 0 Å². The fraction of sp³-hybridized carbons (Fsp3) is 0.500. The Morgan fingerprint density at radius 3 is 2.72 bits per heavy atom. The highest BCUT2D eigenvalue weighted by Gasteiger charge is 2.05. The monoisotopic (exact) mass is 248 g/mol. The van der Waals surface area contributed by atoms with Crippen LogP contribution >= 0.6 is 0 Å². The molecule has 0 aliphatic heterocycles.